The van der Waals surface area contributed by atoms with Gasteiger partial charge in [-0.3, -0.25) is 4.79 Å². The van der Waals surface area contributed by atoms with Crippen molar-refractivity contribution in [2.75, 3.05) is 33.3 Å². The lowest BCUT2D eigenvalue weighted by Crippen LogP contribution is -2.32. The van der Waals surface area contributed by atoms with Crippen LogP contribution < -0.4 is 10.1 Å². The van der Waals surface area contributed by atoms with Gasteiger partial charge in [-0.05, 0) is 49.7 Å². The first kappa shape index (κ1) is 14.8. The molecule has 0 spiro atoms. The quantitative estimate of drug-likeness (QED) is 0.861. The van der Waals surface area contributed by atoms with Crippen LogP contribution in [0.25, 0.3) is 0 Å². The second-order valence-electron chi connectivity index (χ2n) is 5.18. The van der Waals surface area contributed by atoms with E-state index in [1.54, 1.807) is 24.1 Å². The predicted molar refractivity (Wildman–Crippen MR) is 75.1 cm³/mol. The number of amides is 1. The molecule has 1 N–H and O–H groups in total. The molecule has 1 saturated heterocycles. The summed E-state index contributed by atoms with van der Waals surface area (Å²) in [5.74, 6) is 0.950. The van der Waals surface area contributed by atoms with Crippen LogP contribution >= 0.6 is 0 Å². The smallest absolute Gasteiger partial charge is 0.222 e. The van der Waals surface area contributed by atoms with Gasteiger partial charge in [0.1, 0.15) is 18.2 Å². The minimum absolute atomic E-state index is 0.154. The van der Waals surface area contributed by atoms with E-state index in [1.165, 1.54) is 12.1 Å². The SMILES string of the molecule is CN(CCOc1ccc(F)cc1)C(=O)CC1CCNC1. The van der Waals surface area contributed by atoms with Gasteiger partial charge in [-0.15, -0.1) is 0 Å². The van der Waals surface area contributed by atoms with E-state index >= 15 is 0 Å². The van der Waals surface area contributed by atoms with Crippen molar-refractivity contribution in [3.8, 4) is 5.75 Å². The summed E-state index contributed by atoms with van der Waals surface area (Å²) in [6, 6.07) is 5.89. The summed E-state index contributed by atoms with van der Waals surface area (Å²) in [5, 5.41) is 3.26. The Kier molecular flexibility index (Phi) is 5.35. The van der Waals surface area contributed by atoms with E-state index in [0.717, 1.165) is 19.5 Å². The number of benzene rings is 1. The lowest BCUT2D eigenvalue weighted by molar-refractivity contribution is -0.131. The zero-order chi connectivity index (χ0) is 14.4. The minimum atomic E-state index is -0.283. The van der Waals surface area contributed by atoms with Crippen molar-refractivity contribution in [2.24, 2.45) is 5.92 Å². The average Bonchev–Trinajstić information content (AvgIpc) is 2.93. The third kappa shape index (κ3) is 4.49. The van der Waals surface area contributed by atoms with E-state index < -0.39 is 0 Å². The summed E-state index contributed by atoms with van der Waals surface area (Å²) in [4.78, 5) is 13.7. The molecule has 110 valence electrons. The molecule has 2 rings (SSSR count). The van der Waals surface area contributed by atoms with Gasteiger partial charge in [0.05, 0.1) is 6.54 Å². The Labute approximate surface area is 118 Å². The van der Waals surface area contributed by atoms with Crippen LogP contribution in [0.4, 0.5) is 4.39 Å². The van der Waals surface area contributed by atoms with E-state index in [2.05, 4.69) is 5.32 Å². The summed E-state index contributed by atoms with van der Waals surface area (Å²) in [6.07, 6.45) is 1.67. The van der Waals surface area contributed by atoms with E-state index in [4.69, 9.17) is 4.74 Å². The second kappa shape index (κ2) is 7.24. The van der Waals surface area contributed by atoms with Crippen molar-refractivity contribution in [1.29, 1.82) is 0 Å². The third-order valence-electron chi connectivity index (χ3n) is 3.56. The number of nitrogens with zero attached hydrogens (tertiary/aromatic N) is 1. The molecule has 1 fully saturated rings. The molecular formula is C15H21FN2O2. The van der Waals surface area contributed by atoms with Crippen LogP contribution in [0.2, 0.25) is 0 Å². The van der Waals surface area contributed by atoms with Gasteiger partial charge in [-0.1, -0.05) is 0 Å². The lowest BCUT2D eigenvalue weighted by atomic mass is 10.0. The van der Waals surface area contributed by atoms with Gasteiger partial charge in [-0.2, -0.15) is 0 Å². The molecule has 1 aromatic rings. The molecule has 20 heavy (non-hydrogen) atoms. The summed E-state index contributed by atoms with van der Waals surface area (Å²) < 4.78 is 18.2. The molecule has 1 aliphatic heterocycles. The molecule has 1 amide bonds. The predicted octanol–water partition coefficient (Wildman–Crippen LogP) is 1.66. The molecule has 0 saturated carbocycles. The minimum Gasteiger partial charge on any atom is -0.492 e. The Morgan fingerprint density at radius 1 is 1.45 bits per heavy atom. The molecule has 1 aromatic carbocycles. The van der Waals surface area contributed by atoms with Crippen LogP contribution in [-0.4, -0.2) is 44.1 Å². The first-order valence-corrected chi connectivity index (χ1v) is 6.98. The van der Waals surface area contributed by atoms with Crippen LogP contribution in [0.3, 0.4) is 0 Å². The van der Waals surface area contributed by atoms with Gasteiger partial charge in [0, 0.05) is 13.5 Å². The highest BCUT2D eigenvalue weighted by atomic mass is 19.1. The molecule has 1 heterocycles. The fraction of sp³-hybridized carbons (Fsp3) is 0.533. The van der Waals surface area contributed by atoms with Crippen LogP contribution in [0, 0.1) is 11.7 Å². The number of likely N-dealkylation sites (N-methyl/N-ethyl adjacent to an activating group) is 1. The molecule has 5 heteroatoms. The van der Waals surface area contributed by atoms with Crippen LogP contribution in [0.5, 0.6) is 5.75 Å². The third-order valence-corrected chi connectivity index (χ3v) is 3.56. The van der Waals surface area contributed by atoms with Crippen molar-refractivity contribution in [3.05, 3.63) is 30.1 Å². The maximum absolute atomic E-state index is 12.7. The Morgan fingerprint density at radius 3 is 2.85 bits per heavy atom. The first-order chi connectivity index (χ1) is 9.65. The standard InChI is InChI=1S/C15H21FN2O2/c1-18(15(19)10-12-6-7-17-11-12)8-9-20-14-4-2-13(16)3-5-14/h2-5,12,17H,6-11H2,1H3. The molecule has 1 aliphatic rings. The van der Waals surface area contributed by atoms with E-state index in [1.807, 2.05) is 0 Å². The number of hydrogen-bond acceptors (Lipinski definition) is 3. The topological polar surface area (TPSA) is 41.6 Å². The number of carbonyl (C=O) groups excluding carboxylic acids is 1. The van der Waals surface area contributed by atoms with Gasteiger partial charge >= 0.3 is 0 Å². The van der Waals surface area contributed by atoms with E-state index in [0.29, 0.717) is 31.2 Å². The molecule has 1 atom stereocenters. The highest BCUT2D eigenvalue weighted by Crippen LogP contribution is 2.14. The zero-order valence-electron chi connectivity index (χ0n) is 11.8. The Bertz CT molecular complexity index is 430. The molecular weight excluding hydrogens is 259 g/mol. The van der Waals surface area contributed by atoms with Gasteiger partial charge in [0.2, 0.25) is 5.91 Å². The number of hydrogen-bond donors (Lipinski definition) is 1. The van der Waals surface area contributed by atoms with Crippen molar-refractivity contribution in [2.45, 2.75) is 12.8 Å². The fourth-order valence-electron chi connectivity index (χ4n) is 2.25. The number of carbonyl (C=O) groups is 1. The Morgan fingerprint density at radius 2 is 2.20 bits per heavy atom. The van der Waals surface area contributed by atoms with Crippen molar-refractivity contribution in [1.82, 2.24) is 10.2 Å². The summed E-state index contributed by atoms with van der Waals surface area (Å²) in [5.41, 5.74) is 0. The average molecular weight is 280 g/mol. The van der Waals surface area contributed by atoms with Crippen LogP contribution in [0.1, 0.15) is 12.8 Å². The molecule has 0 aliphatic carbocycles. The number of rotatable bonds is 6. The summed E-state index contributed by atoms with van der Waals surface area (Å²) >= 11 is 0. The first-order valence-electron chi connectivity index (χ1n) is 6.98. The van der Waals surface area contributed by atoms with Crippen LogP contribution in [0.15, 0.2) is 24.3 Å². The molecule has 0 aromatic heterocycles. The van der Waals surface area contributed by atoms with E-state index in [-0.39, 0.29) is 11.7 Å². The van der Waals surface area contributed by atoms with Crippen LogP contribution in [-0.2, 0) is 4.79 Å². The summed E-state index contributed by atoms with van der Waals surface area (Å²) in [7, 11) is 1.79. The molecule has 4 nitrogen and oxygen atoms in total. The normalized spacial score (nSPS) is 18.0. The molecule has 0 radical (unpaired) electrons. The maximum Gasteiger partial charge on any atom is 0.222 e. The molecule has 1 unspecified atom stereocenters. The maximum atomic E-state index is 12.7. The number of nitrogens with one attached hydrogen (secondary N) is 1. The van der Waals surface area contributed by atoms with Gasteiger partial charge in [0.25, 0.3) is 0 Å². The van der Waals surface area contributed by atoms with E-state index in [9.17, 15) is 9.18 Å². The largest absolute Gasteiger partial charge is 0.492 e. The van der Waals surface area contributed by atoms with Gasteiger partial charge in [0.15, 0.2) is 0 Å². The fourth-order valence-corrected chi connectivity index (χ4v) is 2.25. The van der Waals surface area contributed by atoms with Gasteiger partial charge < -0.3 is 15.0 Å². The summed E-state index contributed by atoms with van der Waals surface area (Å²) in [6.45, 7) is 2.90. The lowest BCUT2D eigenvalue weighted by Gasteiger charge is -2.19. The number of halogens is 1. The zero-order valence-corrected chi connectivity index (χ0v) is 11.8. The highest BCUT2D eigenvalue weighted by molar-refractivity contribution is 5.76. The second-order valence-corrected chi connectivity index (χ2v) is 5.18. The monoisotopic (exact) mass is 280 g/mol. The van der Waals surface area contributed by atoms with Crippen molar-refractivity contribution in [3.63, 3.8) is 0 Å². The highest BCUT2D eigenvalue weighted by Gasteiger charge is 2.19. The Balaban J connectivity index is 1.67. The van der Waals surface area contributed by atoms with Crippen molar-refractivity contribution >= 4 is 5.91 Å². The molecule has 0 bridgehead atoms. The Hall–Kier alpha value is -1.62. The number of ether oxygens (including phenoxy) is 1. The van der Waals surface area contributed by atoms with Crippen molar-refractivity contribution < 1.29 is 13.9 Å². The van der Waals surface area contributed by atoms with Gasteiger partial charge in [-0.25, -0.2) is 4.39 Å².